The fourth-order valence-electron chi connectivity index (χ4n) is 3.47. The van der Waals surface area contributed by atoms with Gasteiger partial charge in [-0.3, -0.25) is 9.69 Å². The minimum atomic E-state index is -3.50. The molecule has 0 aromatic heterocycles. The highest BCUT2D eigenvalue weighted by Crippen LogP contribution is 2.24. The van der Waals surface area contributed by atoms with E-state index in [4.69, 9.17) is 0 Å². The Morgan fingerprint density at radius 2 is 1.64 bits per heavy atom. The second kappa shape index (κ2) is 8.86. The van der Waals surface area contributed by atoms with Crippen LogP contribution in [0.5, 0.6) is 0 Å². The molecule has 0 unspecified atom stereocenters. The van der Waals surface area contributed by atoms with Gasteiger partial charge < -0.3 is 5.32 Å². The molecule has 1 fully saturated rings. The third-order valence-corrected chi connectivity index (χ3v) is 6.95. The maximum atomic E-state index is 12.6. The van der Waals surface area contributed by atoms with E-state index in [0.717, 1.165) is 17.4 Å². The predicted molar refractivity (Wildman–Crippen MR) is 110 cm³/mol. The lowest BCUT2D eigenvalue weighted by molar-refractivity contribution is 0.0938. The van der Waals surface area contributed by atoms with Crippen molar-refractivity contribution < 1.29 is 13.2 Å². The van der Waals surface area contributed by atoms with E-state index in [1.165, 1.54) is 44.6 Å². The van der Waals surface area contributed by atoms with Gasteiger partial charge in [-0.05, 0) is 55.8 Å². The van der Waals surface area contributed by atoms with Gasteiger partial charge in [0.1, 0.15) is 0 Å². The summed E-state index contributed by atoms with van der Waals surface area (Å²) in [6.07, 6.45) is 2.36. The first kappa shape index (κ1) is 20.5. The largest absolute Gasteiger partial charge is 0.350 e. The van der Waals surface area contributed by atoms with E-state index >= 15 is 0 Å². The Kier molecular flexibility index (Phi) is 6.49. The van der Waals surface area contributed by atoms with Gasteiger partial charge in [0.2, 0.25) is 10.0 Å². The molecule has 1 atom stereocenters. The van der Waals surface area contributed by atoms with Crippen molar-refractivity contribution in [2.75, 3.05) is 33.7 Å². The van der Waals surface area contributed by atoms with Gasteiger partial charge >= 0.3 is 0 Å². The zero-order valence-corrected chi connectivity index (χ0v) is 17.2. The first-order valence-electron chi connectivity index (χ1n) is 9.49. The second-order valence-corrected chi connectivity index (χ2v) is 9.34. The molecular formula is C21H27N3O3S. The van der Waals surface area contributed by atoms with Crippen LogP contribution in [-0.4, -0.2) is 57.3 Å². The van der Waals surface area contributed by atoms with Crippen molar-refractivity contribution in [2.24, 2.45) is 0 Å². The molecule has 2 aromatic rings. The minimum absolute atomic E-state index is 0.140. The number of carbonyl (C=O) groups is 1. The van der Waals surface area contributed by atoms with Crippen molar-refractivity contribution in [3.8, 4) is 0 Å². The van der Waals surface area contributed by atoms with Crippen LogP contribution in [0.15, 0.2) is 59.5 Å². The molecule has 1 saturated heterocycles. The molecule has 0 spiro atoms. The first-order valence-corrected chi connectivity index (χ1v) is 10.9. The number of benzene rings is 2. The molecular weight excluding hydrogens is 374 g/mol. The van der Waals surface area contributed by atoms with Gasteiger partial charge in [0.15, 0.2) is 0 Å². The van der Waals surface area contributed by atoms with Crippen LogP contribution in [-0.2, 0) is 10.0 Å². The molecule has 6 nitrogen and oxygen atoms in total. The van der Waals surface area contributed by atoms with E-state index in [-0.39, 0.29) is 16.8 Å². The number of likely N-dealkylation sites (tertiary alicyclic amines) is 1. The second-order valence-electron chi connectivity index (χ2n) is 7.19. The Balaban J connectivity index is 1.69. The van der Waals surface area contributed by atoms with Gasteiger partial charge in [0.25, 0.3) is 5.91 Å². The van der Waals surface area contributed by atoms with E-state index in [1.54, 1.807) is 12.1 Å². The van der Waals surface area contributed by atoms with Crippen LogP contribution in [0.4, 0.5) is 0 Å². The van der Waals surface area contributed by atoms with Crippen molar-refractivity contribution in [1.82, 2.24) is 14.5 Å². The van der Waals surface area contributed by atoms with Gasteiger partial charge in [-0.2, -0.15) is 0 Å². The average molecular weight is 402 g/mol. The number of carbonyl (C=O) groups excluding carboxylic acids is 1. The number of sulfonamides is 1. The highest BCUT2D eigenvalue weighted by molar-refractivity contribution is 7.89. The average Bonchev–Trinajstić information content (AvgIpc) is 3.23. The number of nitrogens with zero attached hydrogens (tertiary/aromatic N) is 2. The third-order valence-electron chi connectivity index (χ3n) is 5.12. The summed E-state index contributed by atoms with van der Waals surface area (Å²) >= 11 is 0. The molecule has 7 heteroatoms. The molecule has 0 saturated carbocycles. The highest BCUT2D eigenvalue weighted by atomic mass is 32.2. The van der Waals surface area contributed by atoms with E-state index < -0.39 is 10.0 Å². The fourth-order valence-corrected chi connectivity index (χ4v) is 4.37. The van der Waals surface area contributed by atoms with Crippen LogP contribution in [0.1, 0.15) is 34.8 Å². The van der Waals surface area contributed by atoms with Crippen LogP contribution in [0.2, 0.25) is 0 Å². The fraction of sp³-hybridized carbons (Fsp3) is 0.381. The number of nitrogens with one attached hydrogen (secondary N) is 1. The summed E-state index contributed by atoms with van der Waals surface area (Å²) in [6.45, 7) is 2.58. The molecule has 0 bridgehead atoms. The first-order chi connectivity index (χ1) is 13.4. The molecule has 1 N–H and O–H groups in total. The Hall–Kier alpha value is -2.22. The number of hydrogen-bond acceptors (Lipinski definition) is 4. The molecule has 1 aliphatic heterocycles. The normalized spacial score (nSPS) is 16.2. The minimum Gasteiger partial charge on any atom is -0.350 e. The Bertz CT molecular complexity index is 890. The monoisotopic (exact) mass is 401 g/mol. The Morgan fingerprint density at radius 1 is 1.04 bits per heavy atom. The summed E-state index contributed by atoms with van der Waals surface area (Å²) in [5.41, 5.74) is 1.64. The van der Waals surface area contributed by atoms with E-state index in [0.29, 0.717) is 12.1 Å². The van der Waals surface area contributed by atoms with Gasteiger partial charge in [0, 0.05) is 26.2 Å². The molecule has 1 aliphatic rings. The summed E-state index contributed by atoms with van der Waals surface area (Å²) in [5.74, 6) is -0.200. The zero-order valence-electron chi connectivity index (χ0n) is 16.3. The standard InChI is InChI=1S/C21H27N3O3S/c1-23(2)28(26,27)19-12-10-18(11-13-19)21(25)22-16-20(24-14-6-7-15-24)17-8-4-3-5-9-17/h3-5,8-13,20H,6-7,14-16H2,1-2H3,(H,22,25)/t20-/m0/s1. The smallest absolute Gasteiger partial charge is 0.251 e. The van der Waals surface area contributed by atoms with Crippen molar-refractivity contribution in [3.05, 3.63) is 65.7 Å². The molecule has 0 radical (unpaired) electrons. The van der Waals surface area contributed by atoms with E-state index in [2.05, 4.69) is 22.3 Å². The molecule has 1 amide bonds. The van der Waals surface area contributed by atoms with E-state index in [1.807, 2.05) is 18.2 Å². The molecule has 3 rings (SSSR count). The van der Waals surface area contributed by atoms with E-state index in [9.17, 15) is 13.2 Å². The van der Waals surface area contributed by atoms with Crippen molar-refractivity contribution in [2.45, 2.75) is 23.8 Å². The van der Waals surface area contributed by atoms with Crippen LogP contribution in [0, 0.1) is 0 Å². The maximum absolute atomic E-state index is 12.6. The molecule has 150 valence electrons. The predicted octanol–water partition coefficient (Wildman–Crippen LogP) is 2.50. The van der Waals surface area contributed by atoms with Crippen molar-refractivity contribution >= 4 is 15.9 Å². The van der Waals surface area contributed by atoms with Crippen molar-refractivity contribution in [1.29, 1.82) is 0 Å². The summed E-state index contributed by atoms with van der Waals surface area (Å²) in [5, 5.41) is 3.01. The third kappa shape index (κ3) is 4.60. The summed E-state index contributed by atoms with van der Waals surface area (Å²) in [4.78, 5) is 15.2. The van der Waals surface area contributed by atoms with Gasteiger partial charge in [-0.15, -0.1) is 0 Å². The van der Waals surface area contributed by atoms with Crippen molar-refractivity contribution in [3.63, 3.8) is 0 Å². The summed E-state index contributed by atoms with van der Waals surface area (Å²) < 4.78 is 25.5. The van der Waals surface area contributed by atoms with Crippen LogP contribution in [0.25, 0.3) is 0 Å². The van der Waals surface area contributed by atoms with Crippen LogP contribution in [0.3, 0.4) is 0 Å². The number of hydrogen-bond donors (Lipinski definition) is 1. The lowest BCUT2D eigenvalue weighted by atomic mass is 10.1. The lowest BCUT2D eigenvalue weighted by Crippen LogP contribution is -2.36. The highest BCUT2D eigenvalue weighted by Gasteiger charge is 2.24. The Morgan fingerprint density at radius 3 is 2.21 bits per heavy atom. The number of rotatable bonds is 7. The number of amides is 1. The molecule has 0 aliphatic carbocycles. The van der Waals surface area contributed by atoms with Gasteiger partial charge in [-0.1, -0.05) is 30.3 Å². The quantitative estimate of drug-likeness (QED) is 0.774. The summed E-state index contributed by atoms with van der Waals surface area (Å²) in [7, 11) is -0.529. The van der Waals surface area contributed by atoms with Gasteiger partial charge in [-0.25, -0.2) is 12.7 Å². The maximum Gasteiger partial charge on any atom is 0.251 e. The summed E-state index contributed by atoms with van der Waals surface area (Å²) in [6, 6.07) is 16.4. The molecule has 2 aromatic carbocycles. The molecule has 28 heavy (non-hydrogen) atoms. The molecule has 1 heterocycles. The lowest BCUT2D eigenvalue weighted by Gasteiger charge is -2.28. The van der Waals surface area contributed by atoms with Crippen LogP contribution < -0.4 is 5.32 Å². The zero-order chi connectivity index (χ0) is 20.1. The SMILES string of the molecule is CN(C)S(=O)(=O)c1ccc(C(=O)NC[C@@H](c2ccccc2)N2CCCC2)cc1. The topological polar surface area (TPSA) is 69.7 Å². The Labute approximate surface area is 167 Å². The van der Waals surface area contributed by atoms with Gasteiger partial charge in [0.05, 0.1) is 10.9 Å². The van der Waals surface area contributed by atoms with Crippen LogP contribution >= 0.6 is 0 Å².